The number of carbonyl (C=O) groups excluding carboxylic acids is 1. The number of pyridine rings is 1. The van der Waals surface area contributed by atoms with Crippen LogP contribution in [-0.2, 0) is 14.8 Å². The van der Waals surface area contributed by atoms with E-state index in [9.17, 15) is 18.5 Å². The highest BCUT2D eigenvalue weighted by Crippen LogP contribution is 2.41. The van der Waals surface area contributed by atoms with Crippen LogP contribution in [0.4, 0.5) is 4.79 Å². The number of ether oxygens (including phenoxy) is 1. The van der Waals surface area contributed by atoms with E-state index < -0.39 is 15.6 Å². The van der Waals surface area contributed by atoms with Gasteiger partial charge in [0.15, 0.2) is 5.65 Å². The maximum atomic E-state index is 13.6. The van der Waals surface area contributed by atoms with Crippen LogP contribution in [0.5, 0.6) is 0 Å². The highest BCUT2D eigenvalue weighted by atomic mass is 32.2. The van der Waals surface area contributed by atoms with Crippen molar-refractivity contribution in [3.05, 3.63) is 54.6 Å². The van der Waals surface area contributed by atoms with E-state index in [1.165, 1.54) is 3.97 Å². The minimum absolute atomic E-state index is 0.133. The number of likely N-dealkylation sites (tertiary alicyclic amines) is 1. The second-order valence-corrected chi connectivity index (χ2v) is 14.6. The molecule has 0 unspecified atom stereocenters. The van der Waals surface area contributed by atoms with E-state index in [1.54, 1.807) is 47.6 Å². The molecule has 10 nitrogen and oxygen atoms in total. The Kier molecular flexibility index (Phi) is 7.67. The molecule has 1 aliphatic heterocycles. The van der Waals surface area contributed by atoms with E-state index in [4.69, 9.17) is 9.72 Å². The van der Waals surface area contributed by atoms with E-state index in [1.807, 2.05) is 26.8 Å². The van der Waals surface area contributed by atoms with Gasteiger partial charge < -0.3 is 14.2 Å². The Labute approximate surface area is 252 Å². The number of aromatic nitrogens is 4. The first-order valence-electron chi connectivity index (χ1n) is 15.1. The van der Waals surface area contributed by atoms with Crippen LogP contribution in [0.3, 0.4) is 0 Å². The molecule has 0 atom stereocenters. The SMILES string of the molecule is CC(C)(C)OC(=O)N1CCC(c2nc3cnc4c(ccn4S(=O)(=O)c4ccccc4)c3n2[C@H]2CC[C@H](CC#N)CC2)CC1. The molecule has 2 fully saturated rings. The zero-order chi connectivity index (χ0) is 30.4. The lowest BCUT2D eigenvalue weighted by atomic mass is 9.84. The largest absolute Gasteiger partial charge is 0.444 e. The molecule has 43 heavy (non-hydrogen) atoms. The summed E-state index contributed by atoms with van der Waals surface area (Å²) in [5, 5.41) is 10.0. The zero-order valence-electron chi connectivity index (χ0n) is 24.9. The zero-order valence-corrected chi connectivity index (χ0v) is 25.8. The van der Waals surface area contributed by atoms with Gasteiger partial charge in [-0.3, -0.25) is 0 Å². The van der Waals surface area contributed by atoms with Crippen molar-refractivity contribution in [2.24, 2.45) is 5.92 Å². The summed E-state index contributed by atoms with van der Waals surface area (Å²) in [4.78, 5) is 24.5. The van der Waals surface area contributed by atoms with Crippen LogP contribution in [-0.4, -0.2) is 56.6 Å². The van der Waals surface area contributed by atoms with Crippen molar-refractivity contribution < 1.29 is 17.9 Å². The molecule has 11 heteroatoms. The third-order valence-electron chi connectivity index (χ3n) is 8.73. The number of imidazole rings is 1. The molecule has 0 radical (unpaired) electrons. The first-order valence-corrected chi connectivity index (χ1v) is 16.5. The Morgan fingerprint density at radius 1 is 1.05 bits per heavy atom. The Morgan fingerprint density at radius 3 is 2.40 bits per heavy atom. The van der Waals surface area contributed by atoms with Gasteiger partial charge in [-0.25, -0.2) is 27.2 Å². The fourth-order valence-electron chi connectivity index (χ4n) is 6.61. The molecule has 226 valence electrons. The summed E-state index contributed by atoms with van der Waals surface area (Å²) in [6, 6.07) is 12.7. The summed E-state index contributed by atoms with van der Waals surface area (Å²) >= 11 is 0. The number of amides is 1. The van der Waals surface area contributed by atoms with Gasteiger partial charge in [-0.2, -0.15) is 5.26 Å². The van der Waals surface area contributed by atoms with E-state index in [2.05, 4.69) is 15.6 Å². The molecule has 3 aromatic heterocycles. The molecule has 2 aliphatic rings. The monoisotopic (exact) mass is 602 g/mol. The maximum Gasteiger partial charge on any atom is 0.410 e. The minimum atomic E-state index is -3.84. The first kappa shape index (κ1) is 29.2. The van der Waals surface area contributed by atoms with Gasteiger partial charge >= 0.3 is 6.09 Å². The average molecular weight is 603 g/mol. The van der Waals surface area contributed by atoms with Crippen LogP contribution >= 0.6 is 0 Å². The van der Waals surface area contributed by atoms with Gasteiger partial charge in [0.1, 0.15) is 16.9 Å². The number of nitriles is 1. The smallest absolute Gasteiger partial charge is 0.410 e. The molecular formula is C32H38N6O4S. The second kappa shape index (κ2) is 11.3. The number of piperidine rings is 1. The lowest BCUT2D eigenvalue weighted by Crippen LogP contribution is -2.41. The van der Waals surface area contributed by atoms with Crippen LogP contribution < -0.4 is 0 Å². The summed E-state index contributed by atoms with van der Waals surface area (Å²) in [5.41, 5.74) is 1.48. The van der Waals surface area contributed by atoms with Crippen molar-refractivity contribution in [3.8, 4) is 6.07 Å². The van der Waals surface area contributed by atoms with Crippen molar-refractivity contribution in [2.75, 3.05) is 13.1 Å². The van der Waals surface area contributed by atoms with Gasteiger partial charge in [-0.1, -0.05) is 18.2 Å². The molecule has 6 rings (SSSR count). The quantitative estimate of drug-likeness (QED) is 0.260. The lowest BCUT2D eigenvalue weighted by molar-refractivity contribution is 0.0202. The first-order chi connectivity index (χ1) is 20.6. The predicted octanol–water partition coefficient (Wildman–Crippen LogP) is 6.38. The standard InChI is InChI=1S/C32H38N6O4S/c1-32(2,3)42-31(39)36-18-14-23(15-19-36)29-35-27-21-34-30-26(16-20-37(30)43(40,41)25-7-5-4-6-8-25)28(27)38(29)24-11-9-22(10-12-24)13-17-33/h4-8,16,20-24H,9-15,18-19H2,1-3H3/t22-,24-. The van der Waals surface area contributed by atoms with Crippen LogP contribution in [0.25, 0.3) is 22.1 Å². The van der Waals surface area contributed by atoms with Crippen molar-refractivity contribution in [3.63, 3.8) is 0 Å². The molecule has 4 heterocycles. The van der Waals surface area contributed by atoms with Gasteiger partial charge in [0.05, 0.1) is 22.7 Å². The molecule has 1 aliphatic carbocycles. The summed E-state index contributed by atoms with van der Waals surface area (Å²) in [5.74, 6) is 1.50. The molecule has 0 bridgehead atoms. The molecule has 1 amide bonds. The summed E-state index contributed by atoms with van der Waals surface area (Å²) in [6.45, 7) is 6.78. The molecule has 1 saturated heterocycles. The second-order valence-electron chi connectivity index (χ2n) is 12.8. The number of benzene rings is 1. The number of rotatable bonds is 5. The molecule has 1 saturated carbocycles. The lowest BCUT2D eigenvalue weighted by Gasteiger charge is -2.35. The van der Waals surface area contributed by atoms with Gasteiger partial charge in [-0.15, -0.1) is 0 Å². The normalized spacial score (nSPS) is 20.4. The van der Waals surface area contributed by atoms with Gasteiger partial charge in [-0.05, 0) is 83.4 Å². The third kappa shape index (κ3) is 5.60. The fourth-order valence-corrected chi connectivity index (χ4v) is 7.93. The van der Waals surface area contributed by atoms with Crippen molar-refractivity contribution >= 4 is 38.2 Å². The van der Waals surface area contributed by atoms with Crippen LogP contribution in [0, 0.1) is 17.2 Å². The van der Waals surface area contributed by atoms with Gasteiger partial charge in [0.2, 0.25) is 0 Å². The summed E-state index contributed by atoms with van der Waals surface area (Å²) in [6.07, 6.45) is 8.84. The molecule has 4 aromatic rings. The van der Waals surface area contributed by atoms with Crippen LogP contribution in [0.1, 0.15) is 83.5 Å². The van der Waals surface area contributed by atoms with Crippen molar-refractivity contribution in [1.29, 1.82) is 5.26 Å². The fraction of sp³-hybridized carbons (Fsp3) is 0.500. The average Bonchev–Trinajstić information content (AvgIpc) is 3.60. The summed E-state index contributed by atoms with van der Waals surface area (Å²) < 4.78 is 36.4. The van der Waals surface area contributed by atoms with E-state index in [-0.39, 0.29) is 22.9 Å². The molecular weight excluding hydrogens is 564 g/mol. The Hall–Kier alpha value is -3.91. The van der Waals surface area contributed by atoms with Gasteiger partial charge in [0, 0.05) is 43.1 Å². The molecule has 1 aromatic carbocycles. The van der Waals surface area contributed by atoms with Crippen LogP contribution in [0.15, 0.2) is 53.7 Å². The van der Waals surface area contributed by atoms with Crippen molar-refractivity contribution in [2.45, 2.75) is 88.2 Å². The van der Waals surface area contributed by atoms with E-state index in [0.717, 1.165) is 60.8 Å². The highest BCUT2D eigenvalue weighted by Gasteiger charge is 2.34. The Bertz CT molecular complexity index is 1780. The van der Waals surface area contributed by atoms with Crippen LogP contribution in [0.2, 0.25) is 0 Å². The number of hydrogen-bond donors (Lipinski definition) is 0. The number of hydrogen-bond acceptors (Lipinski definition) is 7. The highest BCUT2D eigenvalue weighted by molar-refractivity contribution is 7.90. The predicted molar refractivity (Wildman–Crippen MR) is 163 cm³/mol. The van der Waals surface area contributed by atoms with E-state index in [0.29, 0.717) is 31.1 Å². The number of fused-ring (bicyclic) bond motifs is 3. The van der Waals surface area contributed by atoms with E-state index >= 15 is 0 Å². The Morgan fingerprint density at radius 2 is 1.74 bits per heavy atom. The summed E-state index contributed by atoms with van der Waals surface area (Å²) in [7, 11) is -3.84. The minimum Gasteiger partial charge on any atom is -0.444 e. The van der Waals surface area contributed by atoms with Gasteiger partial charge in [0.25, 0.3) is 10.0 Å². The topological polar surface area (TPSA) is 123 Å². The Balaban J connectivity index is 1.40. The number of nitrogens with zero attached hydrogens (tertiary/aromatic N) is 6. The number of carbonyl (C=O) groups is 1. The third-order valence-corrected chi connectivity index (χ3v) is 10.4. The molecule has 0 spiro atoms. The maximum absolute atomic E-state index is 13.6. The molecule has 0 N–H and O–H groups in total. The van der Waals surface area contributed by atoms with Crippen molar-refractivity contribution in [1.82, 2.24) is 23.4 Å².